The number of nitrogens with zero attached hydrogens (tertiary/aromatic N) is 1. The van der Waals surface area contributed by atoms with Crippen molar-refractivity contribution in [1.29, 1.82) is 0 Å². The van der Waals surface area contributed by atoms with Crippen molar-refractivity contribution in [2.24, 2.45) is 11.7 Å². The van der Waals surface area contributed by atoms with Gasteiger partial charge < -0.3 is 5.73 Å². The van der Waals surface area contributed by atoms with Crippen molar-refractivity contribution in [2.75, 3.05) is 13.1 Å². The van der Waals surface area contributed by atoms with Crippen LogP contribution in [0.1, 0.15) is 45.4 Å². The van der Waals surface area contributed by atoms with E-state index in [-0.39, 0.29) is 0 Å². The molecular weight excluding hydrogens is 172 g/mol. The Hall–Kier alpha value is -0.0800. The maximum absolute atomic E-state index is 6.20. The summed E-state index contributed by atoms with van der Waals surface area (Å²) >= 11 is 0. The highest BCUT2D eigenvalue weighted by Crippen LogP contribution is 2.28. The van der Waals surface area contributed by atoms with Crippen molar-refractivity contribution in [1.82, 2.24) is 4.90 Å². The van der Waals surface area contributed by atoms with E-state index >= 15 is 0 Å². The molecule has 2 aliphatic rings. The van der Waals surface area contributed by atoms with Crippen LogP contribution in [-0.2, 0) is 0 Å². The summed E-state index contributed by atoms with van der Waals surface area (Å²) in [6.07, 6.45) is 8.09. The number of hydrogen-bond donors (Lipinski definition) is 1. The standard InChI is InChI=1S/C12H24N2/c1-2-10-7-8-14(9-10)12-6-4-3-5-11(12)13/h10-12H,2-9,13H2,1H3. The molecule has 0 bridgehead atoms. The molecule has 82 valence electrons. The van der Waals surface area contributed by atoms with Gasteiger partial charge in [-0.25, -0.2) is 0 Å². The fourth-order valence-corrected chi connectivity index (χ4v) is 3.09. The zero-order chi connectivity index (χ0) is 9.97. The first-order valence-corrected chi connectivity index (χ1v) is 6.31. The van der Waals surface area contributed by atoms with E-state index in [0.717, 1.165) is 5.92 Å². The largest absolute Gasteiger partial charge is 0.326 e. The quantitative estimate of drug-likeness (QED) is 0.732. The van der Waals surface area contributed by atoms with Crippen LogP contribution in [0, 0.1) is 5.92 Å². The molecule has 2 rings (SSSR count). The fourth-order valence-electron chi connectivity index (χ4n) is 3.09. The first kappa shape index (κ1) is 10.4. The molecule has 3 atom stereocenters. The number of rotatable bonds is 2. The van der Waals surface area contributed by atoms with E-state index in [1.807, 2.05) is 0 Å². The second-order valence-electron chi connectivity index (χ2n) is 5.07. The molecule has 1 saturated carbocycles. The monoisotopic (exact) mass is 196 g/mol. The number of nitrogens with two attached hydrogens (primary N) is 1. The Balaban J connectivity index is 1.88. The average molecular weight is 196 g/mol. The zero-order valence-electron chi connectivity index (χ0n) is 9.41. The van der Waals surface area contributed by atoms with Crippen molar-refractivity contribution in [3.63, 3.8) is 0 Å². The molecule has 14 heavy (non-hydrogen) atoms. The maximum Gasteiger partial charge on any atom is 0.0247 e. The van der Waals surface area contributed by atoms with Crippen molar-refractivity contribution in [3.05, 3.63) is 0 Å². The SMILES string of the molecule is CCC1CCN(C2CCCCC2N)C1. The van der Waals surface area contributed by atoms with Gasteiger partial charge in [0.15, 0.2) is 0 Å². The van der Waals surface area contributed by atoms with E-state index in [0.29, 0.717) is 12.1 Å². The van der Waals surface area contributed by atoms with Crippen LogP contribution in [0.15, 0.2) is 0 Å². The van der Waals surface area contributed by atoms with Crippen LogP contribution in [-0.4, -0.2) is 30.1 Å². The lowest BCUT2D eigenvalue weighted by molar-refractivity contribution is 0.162. The van der Waals surface area contributed by atoms with Gasteiger partial charge in [-0.2, -0.15) is 0 Å². The number of likely N-dealkylation sites (tertiary alicyclic amines) is 1. The summed E-state index contributed by atoms with van der Waals surface area (Å²) in [7, 11) is 0. The number of hydrogen-bond acceptors (Lipinski definition) is 2. The molecule has 1 heterocycles. The normalized spacial score (nSPS) is 40.3. The van der Waals surface area contributed by atoms with E-state index in [1.54, 1.807) is 0 Å². The summed E-state index contributed by atoms with van der Waals surface area (Å²) in [5.41, 5.74) is 6.20. The van der Waals surface area contributed by atoms with Crippen molar-refractivity contribution < 1.29 is 0 Å². The molecule has 0 aromatic carbocycles. The second-order valence-corrected chi connectivity index (χ2v) is 5.07. The van der Waals surface area contributed by atoms with Gasteiger partial charge in [0.05, 0.1) is 0 Å². The average Bonchev–Trinajstić information content (AvgIpc) is 2.67. The van der Waals surface area contributed by atoms with Crippen LogP contribution in [0.2, 0.25) is 0 Å². The third kappa shape index (κ3) is 2.12. The maximum atomic E-state index is 6.20. The van der Waals surface area contributed by atoms with E-state index in [4.69, 9.17) is 5.73 Å². The molecule has 1 aliphatic heterocycles. The van der Waals surface area contributed by atoms with Crippen LogP contribution in [0.3, 0.4) is 0 Å². The van der Waals surface area contributed by atoms with Gasteiger partial charge in [-0.15, -0.1) is 0 Å². The topological polar surface area (TPSA) is 29.3 Å². The molecule has 0 aromatic rings. The first-order chi connectivity index (χ1) is 6.81. The summed E-state index contributed by atoms with van der Waals surface area (Å²) in [5, 5.41) is 0. The Labute approximate surface area is 87.8 Å². The summed E-state index contributed by atoms with van der Waals surface area (Å²) in [4.78, 5) is 2.66. The molecule has 0 radical (unpaired) electrons. The predicted molar refractivity (Wildman–Crippen MR) is 60.2 cm³/mol. The highest BCUT2D eigenvalue weighted by Gasteiger charge is 2.32. The van der Waals surface area contributed by atoms with E-state index in [9.17, 15) is 0 Å². The summed E-state index contributed by atoms with van der Waals surface area (Å²) < 4.78 is 0. The zero-order valence-corrected chi connectivity index (χ0v) is 9.41. The van der Waals surface area contributed by atoms with Crippen LogP contribution < -0.4 is 5.73 Å². The molecule has 2 heteroatoms. The molecule has 3 unspecified atom stereocenters. The Morgan fingerprint density at radius 2 is 2.00 bits per heavy atom. The van der Waals surface area contributed by atoms with E-state index < -0.39 is 0 Å². The predicted octanol–water partition coefficient (Wildman–Crippen LogP) is 1.99. The molecule has 1 saturated heterocycles. The van der Waals surface area contributed by atoms with Gasteiger partial charge in [-0.05, 0) is 31.7 Å². The lowest BCUT2D eigenvalue weighted by atomic mass is 9.90. The minimum absolute atomic E-state index is 0.458. The Morgan fingerprint density at radius 1 is 1.21 bits per heavy atom. The van der Waals surface area contributed by atoms with Crippen LogP contribution in [0.25, 0.3) is 0 Å². The molecule has 0 amide bonds. The van der Waals surface area contributed by atoms with Gasteiger partial charge in [0.25, 0.3) is 0 Å². The lowest BCUT2D eigenvalue weighted by Gasteiger charge is -2.36. The van der Waals surface area contributed by atoms with Gasteiger partial charge in [0.2, 0.25) is 0 Å². The van der Waals surface area contributed by atoms with Gasteiger partial charge in [0.1, 0.15) is 0 Å². The van der Waals surface area contributed by atoms with Gasteiger partial charge in [-0.3, -0.25) is 4.90 Å². The van der Waals surface area contributed by atoms with Crippen LogP contribution in [0.5, 0.6) is 0 Å². The molecule has 0 spiro atoms. The van der Waals surface area contributed by atoms with Crippen LogP contribution >= 0.6 is 0 Å². The second kappa shape index (κ2) is 4.63. The Morgan fingerprint density at radius 3 is 2.64 bits per heavy atom. The highest BCUT2D eigenvalue weighted by molar-refractivity contribution is 4.89. The third-order valence-electron chi connectivity index (χ3n) is 4.15. The Bertz CT molecular complexity index is 181. The minimum atomic E-state index is 0.458. The smallest absolute Gasteiger partial charge is 0.0247 e. The van der Waals surface area contributed by atoms with Gasteiger partial charge in [-0.1, -0.05) is 26.2 Å². The van der Waals surface area contributed by atoms with Gasteiger partial charge in [0, 0.05) is 18.6 Å². The molecule has 2 nitrogen and oxygen atoms in total. The fraction of sp³-hybridized carbons (Fsp3) is 1.00. The molecule has 2 fully saturated rings. The highest BCUT2D eigenvalue weighted by atomic mass is 15.2. The van der Waals surface area contributed by atoms with Crippen molar-refractivity contribution >= 4 is 0 Å². The molecule has 2 N–H and O–H groups in total. The molecule has 1 aliphatic carbocycles. The van der Waals surface area contributed by atoms with Crippen molar-refractivity contribution in [3.8, 4) is 0 Å². The van der Waals surface area contributed by atoms with E-state index in [1.165, 1.54) is 51.6 Å². The van der Waals surface area contributed by atoms with Crippen LogP contribution in [0.4, 0.5) is 0 Å². The molecular formula is C12H24N2. The van der Waals surface area contributed by atoms with Gasteiger partial charge >= 0.3 is 0 Å². The molecule has 0 aromatic heterocycles. The van der Waals surface area contributed by atoms with E-state index in [2.05, 4.69) is 11.8 Å². The Kier molecular flexibility index (Phi) is 3.45. The first-order valence-electron chi connectivity index (χ1n) is 6.31. The lowest BCUT2D eigenvalue weighted by Crippen LogP contribution is -2.48. The third-order valence-corrected chi connectivity index (χ3v) is 4.15. The summed E-state index contributed by atoms with van der Waals surface area (Å²) in [5.74, 6) is 0.948. The summed E-state index contributed by atoms with van der Waals surface area (Å²) in [6.45, 7) is 4.93. The summed E-state index contributed by atoms with van der Waals surface area (Å²) in [6, 6.07) is 1.17. The van der Waals surface area contributed by atoms with Crippen molar-refractivity contribution in [2.45, 2.75) is 57.5 Å². The minimum Gasteiger partial charge on any atom is -0.326 e.